The number of rotatable bonds is 5. The summed E-state index contributed by atoms with van der Waals surface area (Å²) in [6.07, 6.45) is 1.82. The molecule has 7 heteroatoms. The molecule has 4 rings (SSSR count). The first kappa shape index (κ1) is 18.6. The Kier molecular flexibility index (Phi) is 5.62. The van der Waals surface area contributed by atoms with Crippen molar-refractivity contribution in [2.24, 2.45) is 0 Å². The van der Waals surface area contributed by atoms with Crippen molar-refractivity contribution in [2.75, 3.05) is 29.9 Å². The summed E-state index contributed by atoms with van der Waals surface area (Å²) in [5.41, 5.74) is 1.81. The molecule has 1 aromatic heterocycles. The molecule has 6 nitrogen and oxygen atoms in total. The zero-order valence-corrected chi connectivity index (χ0v) is 16.7. The fourth-order valence-corrected chi connectivity index (χ4v) is 4.38. The minimum absolute atomic E-state index is 0.164. The molecule has 0 saturated carbocycles. The lowest BCUT2D eigenvalue weighted by molar-refractivity contribution is 0.246. The van der Waals surface area contributed by atoms with E-state index in [0.717, 1.165) is 48.0 Å². The zero-order valence-electron chi connectivity index (χ0n) is 15.9. The van der Waals surface area contributed by atoms with E-state index < -0.39 is 0 Å². The van der Waals surface area contributed by atoms with Gasteiger partial charge in [-0.2, -0.15) is 0 Å². The summed E-state index contributed by atoms with van der Waals surface area (Å²) in [6.45, 7) is 4.37. The molecule has 2 heterocycles. The number of carbonyl (C=O) groups excluding carboxylic acids is 1. The monoisotopic (exact) mass is 396 g/mol. The van der Waals surface area contributed by atoms with E-state index in [1.165, 1.54) is 4.70 Å². The van der Waals surface area contributed by atoms with Gasteiger partial charge in [0.25, 0.3) is 0 Å². The molecule has 1 saturated heterocycles. The zero-order chi connectivity index (χ0) is 19.3. The molecule has 0 spiro atoms. The lowest BCUT2D eigenvalue weighted by Crippen LogP contribution is -2.46. The summed E-state index contributed by atoms with van der Waals surface area (Å²) in [6, 6.07) is 15.6. The molecule has 2 aromatic carbocycles. The third-order valence-electron chi connectivity index (χ3n) is 4.81. The lowest BCUT2D eigenvalue weighted by atomic mass is 10.1. The van der Waals surface area contributed by atoms with Crippen LogP contribution in [0.5, 0.6) is 5.75 Å². The summed E-state index contributed by atoms with van der Waals surface area (Å²) >= 11 is 1.73. The number of fused-ring (bicyclic) bond motifs is 1. The van der Waals surface area contributed by atoms with Gasteiger partial charge in [0, 0.05) is 24.8 Å². The molecule has 2 amide bonds. The Morgan fingerprint density at radius 2 is 1.93 bits per heavy atom. The Balaban J connectivity index is 1.27. The van der Waals surface area contributed by atoms with Gasteiger partial charge in [0.05, 0.1) is 16.8 Å². The number of urea groups is 1. The van der Waals surface area contributed by atoms with Crippen LogP contribution >= 0.6 is 11.3 Å². The molecule has 146 valence electrons. The molecule has 1 aliphatic rings. The fraction of sp³-hybridized carbons (Fsp3) is 0.333. The molecule has 3 aromatic rings. The normalized spacial score (nSPS) is 14.8. The van der Waals surface area contributed by atoms with Crippen molar-refractivity contribution < 1.29 is 9.53 Å². The van der Waals surface area contributed by atoms with Gasteiger partial charge in [-0.25, -0.2) is 9.78 Å². The number of nitrogens with zero attached hydrogens (tertiary/aromatic N) is 2. The van der Waals surface area contributed by atoms with E-state index in [1.54, 1.807) is 11.3 Å². The van der Waals surface area contributed by atoms with Gasteiger partial charge in [0.15, 0.2) is 5.13 Å². The number of hydrogen-bond donors (Lipinski definition) is 2. The largest absolute Gasteiger partial charge is 0.494 e. The van der Waals surface area contributed by atoms with Gasteiger partial charge in [-0.3, -0.25) is 0 Å². The number of piperidine rings is 1. The van der Waals surface area contributed by atoms with Crippen molar-refractivity contribution in [3.63, 3.8) is 0 Å². The molecule has 0 aliphatic carbocycles. The summed E-state index contributed by atoms with van der Waals surface area (Å²) in [5, 5.41) is 7.04. The number of carbonyl (C=O) groups is 1. The maximum absolute atomic E-state index is 12.3. The number of amides is 2. The first-order valence-corrected chi connectivity index (χ1v) is 10.4. The van der Waals surface area contributed by atoms with E-state index in [4.69, 9.17) is 9.72 Å². The van der Waals surface area contributed by atoms with E-state index in [9.17, 15) is 4.79 Å². The van der Waals surface area contributed by atoms with Crippen LogP contribution in [-0.4, -0.2) is 36.8 Å². The lowest BCUT2D eigenvalue weighted by Gasteiger charge is -2.32. The molecule has 0 bridgehead atoms. The van der Waals surface area contributed by atoms with Gasteiger partial charge in [0.2, 0.25) is 0 Å². The molecular formula is C21H24N4O2S. The average molecular weight is 397 g/mol. The van der Waals surface area contributed by atoms with E-state index in [-0.39, 0.29) is 12.1 Å². The van der Waals surface area contributed by atoms with Gasteiger partial charge in [-0.05, 0) is 56.2 Å². The van der Waals surface area contributed by atoms with E-state index >= 15 is 0 Å². The molecule has 1 fully saturated rings. The predicted molar refractivity (Wildman–Crippen MR) is 115 cm³/mol. The van der Waals surface area contributed by atoms with Gasteiger partial charge in [-0.1, -0.05) is 23.5 Å². The standard InChI is InChI=1S/C21H24N4O2S/c1-2-27-17-9-7-15(8-10-17)22-20(26)23-16-11-13-25(14-12-16)21-24-18-5-3-4-6-19(18)28-21/h3-10,16H,2,11-14H2,1H3,(H2,22,23,26). The van der Waals surface area contributed by atoms with Crippen LogP contribution in [-0.2, 0) is 0 Å². The second kappa shape index (κ2) is 8.48. The van der Waals surface area contributed by atoms with Crippen molar-refractivity contribution in [2.45, 2.75) is 25.8 Å². The number of para-hydroxylation sites is 1. The molecule has 1 aliphatic heterocycles. The number of benzene rings is 2. The highest BCUT2D eigenvalue weighted by Crippen LogP contribution is 2.30. The Morgan fingerprint density at radius 3 is 2.64 bits per heavy atom. The van der Waals surface area contributed by atoms with Crippen molar-refractivity contribution in [1.82, 2.24) is 10.3 Å². The molecule has 0 atom stereocenters. The summed E-state index contributed by atoms with van der Waals surface area (Å²) in [4.78, 5) is 19.3. The van der Waals surface area contributed by atoms with Crippen LogP contribution in [0.2, 0.25) is 0 Å². The highest BCUT2D eigenvalue weighted by Gasteiger charge is 2.22. The number of anilines is 2. The van der Waals surface area contributed by atoms with Crippen LogP contribution in [0.1, 0.15) is 19.8 Å². The topological polar surface area (TPSA) is 66.5 Å². The Labute approximate surface area is 168 Å². The molecule has 0 unspecified atom stereocenters. The van der Waals surface area contributed by atoms with Crippen molar-refractivity contribution in [3.8, 4) is 5.75 Å². The fourth-order valence-electron chi connectivity index (χ4n) is 3.36. The number of hydrogen-bond acceptors (Lipinski definition) is 5. The van der Waals surface area contributed by atoms with Gasteiger partial charge in [-0.15, -0.1) is 0 Å². The highest BCUT2D eigenvalue weighted by molar-refractivity contribution is 7.22. The van der Waals surface area contributed by atoms with Crippen LogP contribution in [0, 0.1) is 0 Å². The van der Waals surface area contributed by atoms with E-state index in [1.807, 2.05) is 43.3 Å². The summed E-state index contributed by atoms with van der Waals surface area (Å²) in [5.74, 6) is 0.802. The SMILES string of the molecule is CCOc1ccc(NC(=O)NC2CCN(c3nc4ccccc4s3)CC2)cc1. The third kappa shape index (κ3) is 4.36. The Bertz CT molecular complexity index is 900. The second-order valence-electron chi connectivity index (χ2n) is 6.78. The number of nitrogens with one attached hydrogen (secondary N) is 2. The van der Waals surface area contributed by atoms with Crippen LogP contribution in [0.25, 0.3) is 10.2 Å². The average Bonchev–Trinajstić information content (AvgIpc) is 3.14. The number of aromatic nitrogens is 1. The predicted octanol–water partition coefficient (Wildman–Crippen LogP) is 4.49. The highest BCUT2D eigenvalue weighted by atomic mass is 32.1. The Hall–Kier alpha value is -2.80. The molecule has 0 radical (unpaired) electrons. The molecule has 28 heavy (non-hydrogen) atoms. The summed E-state index contributed by atoms with van der Waals surface area (Å²) in [7, 11) is 0. The van der Waals surface area contributed by atoms with Crippen LogP contribution in [0.15, 0.2) is 48.5 Å². The van der Waals surface area contributed by atoms with Gasteiger partial charge >= 0.3 is 6.03 Å². The molecular weight excluding hydrogens is 372 g/mol. The van der Waals surface area contributed by atoms with Crippen molar-refractivity contribution >= 4 is 38.4 Å². The van der Waals surface area contributed by atoms with Gasteiger partial charge in [0.1, 0.15) is 5.75 Å². The third-order valence-corrected chi connectivity index (χ3v) is 5.90. The molecule has 2 N–H and O–H groups in total. The van der Waals surface area contributed by atoms with Crippen LogP contribution in [0.3, 0.4) is 0 Å². The minimum Gasteiger partial charge on any atom is -0.494 e. The number of ether oxygens (including phenoxy) is 1. The first-order valence-electron chi connectivity index (χ1n) is 9.62. The van der Waals surface area contributed by atoms with Gasteiger partial charge < -0.3 is 20.3 Å². The van der Waals surface area contributed by atoms with Crippen molar-refractivity contribution in [3.05, 3.63) is 48.5 Å². The van der Waals surface area contributed by atoms with Crippen LogP contribution < -0.4 is 20.3 Å². The van der Waals surface area contributed by atoms with E-state index in [0.29, 0.717) is 6.61 Å². The summed E-state index contributed by atoms with van der Waals surface area (Å²) < 4.78 is 6.63. The quantitative estimate of drug-likeness (QED) is 0.667. The smallest absolute Gasteiger partial charge is 0.319 e. The van der Waals surface area contributed by atoms with E-state index in [2.05, 4.69) is 27.7 Å². The minimum atomic E-state index is -0.164. The van der Waals surface area contributed by atoms with Crippen LogP contribution in [0.4, 0.5) is 15.6 Å². The van der Waals surface area contributed by atoms with Crippen molar-refractivity contribution in [1.29, 1.82) is 0 Å². The maximum atomic E-state index is 12.3. The number of thiazole rings is 1. The maximum Gasteiger partial charge on any atom is 0.319 e. The first-order chi connectivity index (χ1) is 13.7. The Morgan fingerprint density at radius 1 is 1.18 bits per heavy atom. The second-order valence-corrected chi connectivity index (χ2v) is 7.79.